The average Bonchev–Trinajstić information content (AvgIpc) is 2.27. The van der Waals surface area contributed by atoms with Crippen molar-refractivity contribution in [3.63, 3.8) is 0 Å². The van der Waals surface area contributed by atoms with Crippen molar-refractivity contribution in [2.45, 2.75) is 57.9 Å². The van der Waals surface area contributed by atoms with Crippen LogP contribution in [0.5, 0.6) is 0 Å². The zero-order valence-corrected chi connectivity index (χ0v) is 9.89. The molecule has 0 aliphatic heterocycles. The summed E-state index contributed by atoms with van der Waals surface area (Å²) in [6.07, 6.45) is 10.4. The molecule has 14 heavy (non-hydrogen) atoms. The molecule has 0 amide bonds. The molecule has 0 saturated heterocycles. The summed E-state index contributed by atoms with van der Waals surface area (Å²) in [6.45, 7) is 10.7. The van der Waals surface area contributed by atoms with Crippen LogP contribution in [0, 0.1) is 0 Å². The third-order valence-electron chi connectivity index (χ3n) is 3.84. The van der Waals surface area contributed by atoms with Gasteiger partial charge in [-0.1, -0.05) is 39.2 Å². The van der Waals surface area contributed by atoms with Gasteiger partial charge >= 0.3 is 0 Å². The summed E-state index contributed by atoms with van der Waals surface area (Å²) in [4.78, 5) is 2.62. The van der Waals surface area contributed by atoms with Crippen molar-refractivity contribution in [2.75, 3.05) is 13.1 Å². The summed E-state index contributed by atoms with van der Waals surface area (Å²) in [5, 5.41) is 0. The minimum Gasteiger partial charge on any atom is -0.294 e. The third-order valence-corrected chi connectivity index (χ3v) is 3.84. The maximum Gasteiger partial charge on any atom is 0.0210 e. The second kappa shape index (κ2) is 5.55. The predicted octanol–water partition coefficient (Wildman–Crippen LogP) is 3.61. The van der Waals surface area contributed by atoms with Crippen LogP contribution in [0.4, 0.5) is 0 Å². The molecular formula is C13H25N. The van der Waals surface area contributed by atoms with Crippen LogP contribution in [-0.2, 0) is 0 Å². The molecule has 1 aliphatic carbocycles. The highest BCUT2D eigenvalue weighted by Gasteiger charge is 2.34. The normalized spacial score (nSPS) is 21.1. The summed E-state index contributed by atoms with van der Waals surface area (Å²) < 4.78 is 0. The number of hydrogen-bond acceptors (Lipinski definition) is 1. The van der Waals surface area contributed by atoms with E-state index in [9.17, 15) is 0 Å². The quantitative estimate of drug-likeness (QED) is 0.606. The highest BCUT2D eigenvalue weighted by atomic mass is 15.2. The molecule has 0 spiro atoms. The fraction of sp³-hybridized carbons (Fsp3) is 0.846. The SMILES string of the molecule is C=CCN(CC)C1(CC)CCCCC1. The van der Waals surface area contributed by atoms with Crippen molar-refractivity contribution in [2.24, 2.45) is 0 Å². The van der Waals surface area contributed by atoms with Crippen molar-refractivity contribution in [1.29, 1.82) is 0 Å². The molecule has 0 aromatic carbocycles. The van der Waals surface area contributed by atoms with Gasteiger partial charge in [0.05, 0.1) is 0 Å². The molecule has 1 fully saturated rings. The first kappa shape index (κ1) is 11.8. The summed E-state index contributed by atoms with van der Waals surface area (Å²) in [5.74, 6) is 0. The van der Waals surface area contributed by atoms with Gasteiger partial charge in [0.2, 0.25) is 0 Å². The summed E-state index contributed by atoms with van der Waals surface area (Å²) in [7, 11) is 0. The van der Waals surface area contributed by atoms with Gasteiger partial charge in [-0.2, -0.15) is 0 Å². The lowest BCUT2D eigenvalue weighted by Crippen LogP contribution is -2.49. The lowest BCUT2D eigenvalue weighted by atomic mass is 9.78. The molecule has 1 nitrogen and oxygen atoms in total. The Hall–Kier alpha value is -0.300. The Morgan fingerprint density at radius 2 is 1.86 bits per heavy atom. The van der Waals surface area contributed by atoms with Crippen molar-refractivity contribution in [3.05, 3.63) is 12.7 Å². The maximum absolute atomic E-state index is 3.87. The molecule has 1 saturated carbocycles. The fourth-order valence-corrected chi connectivity index (χ4v) is 2.92. The van der Waals surface area contributed by atoms with Gasteiger partial charge in [0.1, 0.15) is 0 Å². The lowest BCUT2D eigenvalue weighted by molar-refractivity contribution is 0.0617. The standard InChI is InChI=1S/C13H25N/c1-4-12-14(6-3)13(5-2)10-8-7-9-11-13/h4H,1,5-12H2,2-3H3. The van der Waals surface area contributed by atoms with E-state index in [0.29, 0.717) is 5.54 Å². The molecule has 0 aromatic heterocycles. The Morgan fingerprint density at radius 3 is 2.29 bits per heavy atom. The Kier molecular flexibility index (Phi) is 4.67. The lowest BCUT2D eigenvalue weighted by Gasteiger charge is -2.45. The van der Waals surface area contributed by atoms with Crippen LogP contribution in [0.15, 0.2) is 12.7 Å². The number of rotatable bonds is 5. The second-order valence-corrected chi connectivity index (χ2v) is 4.47. The van der Waals surface area contributed by atoms with E-state index in [2.05, 4.69) is 31.4 Å². The fourth-order valence-electron chi connectivity index (χ4n) is 2.92. The molecule has 0 unspecified atom stereocenters. The minimum absolute atomic E-state index is 0.501. The first-order valence-corrected chi connectivity index (χ1v) is 6.15. The summed E-state index contributed by atoms with van der Waals surface area (Å²) in [5.41, 5.74) is 0.501. The molecule has 82 valence electrons. The first-order valence-electron chi connectivity index (χ1n) is 6.15. The predicted molar refractivity (Wildman–Crippen MR) is 63.6 cm³/mol. The highest BCUT2D eigenvalue weighted by molar-refractivity contribution is 4.93. The first-order chi connectivity index (χ1) is 6.79. The van der Waals surface area contributed by atoms with Gasteiger partial charge in [-0.25, -0.2) is 0 Å². The van der Waals surface area contributed by atoms with E-state index >= 15 is 0 Å². The van der Waals surface area contributed by atoms with Gasteiger partial charge in [-0.3, -0.25) is 4.90 Å². The zero-order chi connectivity index (χ0) is 10.4. The van der Waals surface area contributed by atoms with Crippen LogP contribution in [0.3, 0.4) is 0 Å². The average molecular weight is 195 g/mol. The van der Waals surface area contributed by atoms with Crippen LogP contribution >= 0.6 is 0 Å². The smallest absolute Gasteiger partial charge is 0.0210 e. The molecule has 0 radical (unpaired) electrons. The van der Waals surface area contributed by atoms with Crippen LogP contribution in [-0.4, -0.2) is 23.5 Å². The Labute approximate surface area is 89.2 Å². The van der Waals surface area contributed by atoms with Crippen molar-refractivity contribution in [1.82, 2.24) is 4.90 Å². The number of nitrogens with zero attached hydrogens (tertiary/aromatic N) is 1. The van der Waals surface area contributed by atoms with Gasteiger partial charge < -0.3 is 0 Å². The van der Waals surface area contributed by atoms with E-state index in [-0.39, 0.29) is 0 Å². The number of likely N-dealkylation sites (N-methyl/N-ethyl adjacent to an activating group) is 1. The second-order valence-electron chi connectivity index (χ2n) is 4.47. The maximum atomic E-state index is 3.87. The summed E-state index contributed by atoms with van der Waals surface area (Å²) >= 11 is 0. The Bertz CT molecular complexity index is 168. The van der Waals surface area contributed by atoms with Crippen LogP contribution < -0.4 is 0 Å². The molecule has 1 heteroatoms. The van der Waals surface area contributed by atoms with Gasteiger partial charge in [0.25, 0.3) is 0 Å². The Morgan fingerprint density at radius 1 is 1.21 bits per heavy atom. The molecule has 0 atom stereocenters. The third kappa shape index (κ3) is 2.38. The van der Waals surface area contributed by atoms with E-state index in [4.69, 9.17) is 0 Å². The van der Waals surface area contributed by atoms with Crippen LogP contribution in [0.2, 0.25) is 0 Å². The Balaban J connectivity index is 2.68. The topological polar surface area (TPSA) is 3.24 Å². The molecule has 0 heterocycles. The van der Waals surface area contributed by atoms with Crippen molar-refractivity contribution in [3.8, 4) is 0 Å². The van der Waals surface area contributed by atoms with Gasteiger partial charge in [-0.05, 0) is 25.8 Å². The largest absolute Gasteiger partial charge is 0.294 e. The number of hydrogen-bond donors (Lipinski definition) is 0. The van der Waals surface area contributed by atoms with E-state index in [1.165, 1.54) is 45.1 Å². The van der Waals surface area contributed by atoms with Gasteiger partial charge in [0, 0.05) is 12.1 Å². The van der Waals surface area contributed by atoms with Gasteiger partial charge in [0.15, 0.2) is 0 Å². The molecule has 0 bridgehead atoms. The highest BCUT2D eigenvalue weighted by Crippen LogP contribution is 2.36. The van der Waals surface area contributed by atoms with E-state index in [0.717, 1.165) is 6.54 Å². The van der Waals surface area contributed by atoms with E-state index in [1.807, 2.05) is 0 Å². The molecule has 0 aromatic rings. The zero-order valence-electron chi connectivity index (χ0n) is 9.89. The molecular weight excluding hydrogens is 170 g/mol. The van der Waals surface area contributed by atoms with E-state index < -0.39 is 0 Å². The van der Waals surface area contributed by atoms with Crippen LogP contribution in [0.25, 0.3) is 0 Å². The van der Waals surface area contributed by atoms with E-state index in [1.54, 1.807) is 0 Å². The summed E-state index contributed by atoms with van der Waals surface area (Å²) in [6, 6.07) is 0. The minimum atomic E-state index is 0.501. The molecule has 1 rings (SSSR count). The van der Waals surface area contributed by atoms with Crippen molar-refractivity contribution >= 4 is 0 Å². The monoisotopic (exact) mass is 195 g/mol. The molecule has 0 N–H and O–H groups in total. The molecule has 1 aliphatic rings. The van der Waals surface area contributed by atoms with Gasteiger partial charge in [-0.15, -0.1) is 6.58 Å². The van der Waals surface area contributed by atoms with Crippen LogP contribution in [0.1, 0.15) is 52.4 Å². The van der Waals surface area contributed by atoms with Crippen molar-refractivity contribution < 1.29 is 0 Å².